The molecule has 0 radical (unpaired) electrons. The normalized spacial score (nSPS) is 26.8. The molecule has 2 aromatic heterocycles. The van der Waals surface area contributed by atoms with E-state index in [1.54, 1.807) is 19.1 Å². The molecular weight excluding hydrogens is 501 g/mol. The highest BCUT2D eigenvalue weighted by molar-refractivity contribution is 5.94. The summed E-state index contributed by atoms with van der Waals surface area (Å²) >= 11 is 0. The van der Waals surface area contributed by atoms with Gasteiger partial charge in [0, 0.05) is 36.3 Å². The topological polar surface area (TPSA) is 113 Å². The first-order chi connectivity index (χ1) is 18.1. The second kappa shape index (κ2) is 9.94. The van der Waals surface area contributed by atoms with Crippen LogP contribution in [0.4, 0.5) is 13.2 Å². The number of piperidine rings is 1. The molecule has 1 atom stereocenters. The first-order valence-electron chi connectivity index (χ1n) is 13.2. The van der Waals surface area contributed by atoms with Gasteiger partial charge >= 0.3 is 6.18 Å². The lowest BCUT2D eigenvalue weighted by molar-refractivity contribution is -0.287. The number of alkyl halides is 3. The molecule has 3 heterocycles. The van der Waals surface area contributed by atoms with Gasteiger partial charge in [0.15, 0.2) is 11.3 Å². The van der Waals surface area contributed by atoms with Gasteiger partial charge in [-0.2, -0.15) is 18.3 Å². The van der Waals surface area contributed by atoms with Crippen molar-refractivity contribution in [2.45, 2.75) is 88.6 Å². The van der Waals surface area contributed by atoms with Crippen molar-refractivity contribution in [1.29, 1.82) is 0 Å². The number of ether oxygens (including phenoxy) is 1. The zero-order chi connectivity index (χ0) is 27.1. The molecule has 2 saturated carbocycles. The summed E-state index contributed by atoms with van der Waals surface area (Å²) in [4.78, 5) is 36.6. The van der Waals surface area contributed by atoms with Gasteiger partial charge in [0.1, 0.15) is 6.33 Å². The van der Waals surface area contributed by atoms with E-state index in [4.69, 9.17) is 4.74 Å². The largest absolute Gasteiger partial charge is 0.417 e. The average molecular weight is 535 g/mol. The minimum absolute atomic E-state index is 0.00417. The van der Waals surface area contributed by atoms with Gasteiger partial charge in [-0.25, -0.2) is 9.97 Å². The lowest BCUT2D eigenvalue weighted by Gasteiger charge is -2.42. The number of nitrogens with one attached hydrogen (secondary N) is 2. The van der Waals surface area contributed by atoms with Gasteiger partial charge in [-0.15, -0.1) is 0 Å². The Morgan fingerprint density at radius 3 is 2.53 bits per heavy atom. The van der Waals surface area contributed by atoms with Crippen LogP contribution in [0.3, 0.4) is 0 Å². The number of halogens is 3. The number of rotatable bonds is 6. The Morgan fingerprint density at radius 2 is 1.89 bits per heavy atom. The van der Waals surface area contributed by atoms with Crippen LogP contribution in [0, 0.1) is 12.8 Å². The fourth-order valence-corrected chi connectivity index (χ4v) is 5.99. The zero-order valence-corrected chi connectivity index (χ0v) is 21.6. The monoisotopic (exact) mass is 534 g/mol. The van der Waals surface area contributed by atoms with Gasteiger partial charge in [-0.1, -0.05) is 0 Å². The number of hydrogen-bond donors (Lipinski definition) is 2. The second-order valence-corrected chi connectivity index (χ2v) is 10.8. The smallest absolute Gasteiger partial charge is 0.366 e. The second-order valence-electron chi connectivity index (χ2n) is 10.8. The number of aromatic amines is 1. The minimum Gasteiger partial charge on any atom is -0.366 e. The van der Waals surface area contributed by atoms with E-state index in [1.807, 2.05) is 11.8 Å². The van der Waals surface area contributed by atoms with Crippen LogP contribution in [0.25, 0.3) is 11.4 Å². The van der Waals surface area contributed by atoms with Gasteiger partial charge < -0.3 is 15.0 Å². The van der Waals surface area contributed by atoms with Crippen LogP contribution in [0.2, 0.25) is 0 Å². The molecule has 5 rings (SSSR count). The van der Waals surface area contributed by atoms with Crippen LogP contribution in [0.15, 0.2) is 18.5 Å². The maximum atomic E-state index is 13.6. The Bertz CT molecular complexity index is 1190. The Morgan fingerprint density at radius 1 is 1.16 bits per heavy atom. The van der Waals surface area contributed by atoms with Crippen LogP contribution in [-0.4, -0.2) is 73.4 Å². The molecule has 0 bridgehead atoms. The molecule has 9 nitrogen and oxygen atoms in total. The number of carbonyl (C=O) groups excluding carboxylic acids is 2. The molecule has 206 valence electrons. The van der Waals surface area contributed by atoms with Gasteiger partial charge in [-0.05, 0) is 77.3 Å². The molecule has 12 heteroatoms. The summed E-state index contributed by atoms with van der Waals surface area (Å²) in [6.45, 7) is 3.85. The Hall–Kier alpha value is -3.02. The molecule has 2 aromatic rings. The molecule has 38 heavy (non-hydrogen) atoms. The van der Waals surface area contributed by atoms with Crippen LogP contribution in [0.5, 0.6) is 0 Å². The van der Waals surface area contributed by atoms with E-state index in [0.29, 0.717) is 36.5 Å². The summed E-state index contributed by atoms with van der Waals surface area (Å²) in [5.41, 5.74) is -0.103. The number of aryl methyl sites for hydroxylation is 1. The van der Waals surface area contributed by atoms with Gasteiger partial charge in [0.2, 0.25) is 5.91 Å². The van der Waals surface area contributed by atoms with E-state index in [0.717, 1.165) is 18.5 Å². The maximum Gasteiger partial charge on any atom is 0.417 e. The van der Waals surface area contributed by atoms with Crippen LogP contribution >= 0.6 is 0 Å². The fraction of sp³-hybridized carbons (Fsp3) is 0.654. The van der Waals surface area contributed by atoms with Gasteiger partial charge in [-0.3, -0.25) is 14.7 Å². The standard InChI is InChI=1S/C26H33F3N6O3/c1-3-38-25(26(27,28)29)7-4-18(5-8-25)32-22(36)17-6-11-35(24(14-17)9-10-24)23(37)21-13-20(33-34-21)19-12-16(2)30-15-31-19/h12-13,15,17-18H,3-11,14H2,1-2H3,(H,32,36)(H,33,34)/t17-,18?,25?/m0/s1. The third-order valence-corrected chi connectivity index (χ3v) is 8.30. The first-order valence-corrected chi connectivity index (χ1v) is 13.2. The summed E-state index contributed by atoms with van der Waals surface area (Å²) < 4.78 is 46.0. The fourth-order valence-electron chi connectivity index (χ4n) is 5.99. The molecule has 0 aromatic carbocycles. The molecule has 2 amide bonds. The Kier molecular flexibility index (Phi) is 6.95. The van der Waals surface area contributed by atoms with E-state index < -0.39 is 11.8 Å². The first kappa shape index (κ1) is 26.6. The lowest BCUT2D eigenvalue weighted by Crippen LogP contribution is -2.55. The SMILES string of the molecule is CCOC1(C(F)(F)F)CCC(NC(=O)[C@H]2CCN(C(=O)c3cc(-c4cc(C)ncn4)[nH]n3)C3(CC3)C2)CC1. The molecule has 1 aliphatic heterocycles. The van der Waals surface area contributed by atoms with Crippen molar-refractivity contribution >= 4 is 11.8 Å². The summed E-state index contributed by atoms with van der Waals surface area (Å²) in [5.74, 6) is -0.590. The molecular formula is C26H33F3N6O3. The van der Waals surface area contributed by atoms with Crippen molar-refractivity contribution in [3.05, 3.63) is 29.8 Å². The van der Waals surface area contributed by atoms with Crippen LogP contribution in [-0.2, 0) is 9.53 Å². The molecule has 3 aliphatic rings. The Labute approximate surface area is 218 Å². The van der Waals surface area contributed by atoms with Crippen molar-refractivity contribution in [2.24, 2.45) is 5.92 Å². The van der Waals surface area contributed by atoms with Crippen LogP contribution < -0.4 is 5.32 Å². The predicted octanol–water partition coefficient (Wildman–Crippen LogP) is 3.96. The average Bonchev–Trinajstić information content (AvgIpc) is 3.45. The highest BCUT2D eigenvalue weighted by Crippen LogP contribution is 2.51. The van der Waals surface area contributed by atoms with E-state index in [2.05, 4.69) is 25.5 Å². The third kappa shape index (κ3) is 5.02. The van der Waals surface area contributed by atoms with Crippen LogP contribution in [0.1, 0.15) is 74.5 Å². The van der Waals surface area contributed by atoms with Crippen molar-refractivity contribution in [3.63, 3.8) is 0 Å². The molecule has 0 unspecified atom stereocenters. The van der Waals surface area contributed by atoms with Gasteiger partial charge in [0.05, 0.1) is 11.4 Å². The van der Waals surface area contributed by atoms with Crippen molar-refractivity contribution < 1.29 is 27.5 Å². The molecule has 3 fully saturated rings. The Balaban J connectivity index is 1.18. The maximum absolute atomic E-state index is 13.6. The molecule has 2 aliphatic carbocycles. The number of hydrogen-bond acceptors (Lipinski definition) is 6. The number of amides is 2. The summed E-state index contributed by atoms with van der Waals surface area (Å²) in [6, 6.07) is 3.19. The van der Waals surface area contributed by atoms with Crippen molar-refractivity contribution in [1.82, 2.24) is 30.4 Å². The summed E-state index contributed by atoms with van der Waals surface area (Å²) in [6.07, 6.45) is -0.168. The van der Waals surface area contributed by atoms with E-state index >= 15 is 0 Å². The highest BCUT2D eigenvalue weighted by Gasteiger charge is 2.57. The highest BCUT2D eigenvalue weighted by atomic mass is 19.4. The minimum atomic E-state index is -4.43. The number of H-pyrrole nitrogens is 1. The summed E-state index contributed by atoms with van der Waals surface area (Å²) in [7, 11) is 0. The third-order valence-electron chi connectivity index (χ3n) is 8.30. The van der Waals surface area contributed by atoms with Crippen molar-refractivity contribution in [3.8, 4) is 11.4 Å². The molecule has 2 N–H and O–H groups in total. The lowest BCUT2D eigenvalue weighted by atomic mass is 9.80. The molecule has 1 spiro atoms. The number of nitrogens with zero attached hydrogens (tertiary/aromatic N) is 4. The van der Waals surface area contributed by atoms with E-state index in [9.17, 15) is 22.8 Å². The summed E-state index contributed by atoms with van der Waals surface area (Å²) in [5, 5.41) is 10.1. The zero-order valence-electron chi connectivity index (χ0n) is 21.6. The molecule has 1 saturated heterocycles. The number of aromatic nitrogens is 4. The van der Waals surface area contributed by atoms with Gasteiger partial charge in [0.25, 0.3) is 5.91 Å². The van der Waals surface area contributed by atoms with E-state index in [-0.39, 0.29) is 61.6 Å². The van der Waals surface area contributed by atoms with Crippen molar-refractivity contribution in [2.75, 3.05) is 13.2 Å². The van der Waals surface area contributed by atoms with E-state index in [1.165, 1.54) is 6.33 Å². The predicted molar refractivity (Wildman–Crippen MR) is 131 cm³/mol. The quantitative estimate of drug-likeness (QED) is 0.580. The number of likely N-dealkylation sites (tertiary alicyclic amines) is 1. The number of carbonyl (C=O) groups is 2.